The molecule has 2 aromatic carbocycles. The van der Waals surface area contributed by atoms with Gasteiger partial charge in [0, 0.05) is 17.6 Å². The normalized spacial score (nSPS) is 10.3. The summed E-state index contributed by atoms with van der Waals surface area (Å²) in [4.78, 5) is 23.0. The van der Waals surface area contributed by atoms with Gasteiger partial charge in [-0.15, -0.1) is 0 Å². The highest BCUT2D eigenvalue weighted by atomic mass is 79.9. The van der Waals surface area contributed by atoms with Crippen molar-refractivity contribution in [3.05, 3.63) is 56.5 Å². The lowest BCUT2D eigenvalue weighted by Gasteiger charge is -2.13. The fourth-order valence-corrected chi connectivity index (χ4v) is 2.49. The summed E-state index contributed by atoms with van der Waals surface area (Å²) < 4.78 is 16.3. The van der Waals surface area contributed by atoms with Gasteiger partial charge in [0.1, 0.15) is 18.1 Å². The minimum atomic E-state index is -0.538. The van der Waals surface area contributed by atoms with Gasteiger partial charge in [-0.3, -0.25) is 14.9 Å². The van der Waals surface area contributed by atoms with Crippen molar-refractivity contribution in [2.24, 2.45) is 0 Å². The second-order valence-corrected chi connectivity index (χ2v) is 5.99. The number of benzene rings is 2. The van der Waals surface area contributed by atoms with Crippen molar-refractivity contribution >= 4 is 33.2 Å². The third-order valence-corrected chi connectivity index (χ3v) is 3.87. The molecule has 138 valence electrons. The molecule has 0 saturated heterocycles. The van der Waals surface area contributed by atoms with Gasteiger partial charge >= 0.3 is 0 Å². The number of ether oxygens (including phenoxy) is 3. The predicted molar refractivity (Wildman–Crippen MR) is 99.1 cm³/mol. The molecule has 1 amide bonds. The minimum Gasteiger partial charge on any atom is -0.494 e. The highest BCUT2D eigenvalue weighted by Gasteiger charge is 2.17. The summed E-state index contributed by atoms with van der Waals surface area (Å²) in [5, 5.41) is 13.5. The van der Waals surface area contributed by atoms with E-state index in [2.05, 4.69) is 21.2 Å². The number of hydrogen-bond donors (Lipinski definition) is 1. The molecule has 0 saturated carbocycles. The summed E-state index contributed by atoms with van der Waals surface area (Å²) in [6, 6.07) is 8.99. The van der Waals surface area contributed by atoms with E-state index < -0.39 is 10.8 Å². The largest absolute Gasteiger partial charge is 0.494 e. The van der Waals surface area contributed by atoms with Gasteiger partial charge in [0.05, 0.1) is 36.0 Å². The summed E-state index contributed by atoms with van der Waals surface area (Å²) in [7, 11) is 2.92. The highest BCUT2D eigenvalue weighted by Crippen LogP contribution is 2.31. The van der Waals surface area contributed by atoms with Gasteiger partial charge in [0.25, 0.3) is 11.6 Å². The van der Waals surface area contributed by atoms with Crippen molar-refractivity contribution in [2.45, 2.75) is 0 Å². The average Bonchev–Trinajstić information content (AvgIpc) is 2.63. The van der Waals surface area contributed by atoms with Crippen LogP contribution in [0.3, 0.4) is 0 Å². The summed E-state index contributed by atoms with van der Waals surface area (Å²) in [6.45, 7) is 0.673. The Balaban J connectivity index is 2.27. The molecule has 0 aliphatic heterocycles. The minimum absolute atomic E-state index is 0.133. The Morgan fingerprint density at radius 1 is 1.15 bits per heavy atom. The molecule has 0 aromatic heterocycles. The lowest BCUT2D eigenvalue weighted by Crippen LogP contribution is -2.15. The van der Waals surface area contributed by atoms with Crippen LogP contribution in [0.25, 0.3) is 0 Å². The molecule has 0 aliphatic carbocycles. The number of non-ortho nitro benzene ring substituents is 1. The van der Waals surface area contributed by atoms with Crippen molar-refractivity contribution in [1.29, 1.82) is 0 Å². The lowest BCUT2D eigenvalue weighted by molar-refractivity contribution is -0.384. The highest BCUT2D eigenvalue weighted by molar-refractivity contribution is 9.10. The first-order valence-electron chi connectivity index (χ1n) is 7.51. The molecule has 0 fully saturated rings. The quantitative estimate of drug-likeness (QED) is 0.394. The fourth-order valence-electron chi connectivity index (χ4n) is 2.13. The SMILES string of the molecule is COCCOc1ccc(Br)cc1C(=O)Nc1ccc([N+](=O)[O-])cc1OC. The zero-order valence-corrected chi connectivity index (χ0v) is 15.7. The predicted octanol–water partition coefficient (Wildman–Crippen LogP) is 3.64. The Labute approximate surface area is 158 Å². The van der Waals surface area contributed by atoms with E-state index in [1.165, 1.54) is 25.3 Å². The van der Waals surface area contributed by atoms with Crippen molar-refractivity contribution in [3.8, 4) is 11.5 Å². The monoisotopic (exact) mass is 424 g/mol. The molecule has 0 radical (unpaired) electrons. The van der Waals surface area contributed by atoms with Crippen molar-refractivity contribution < 1.29 is 23.9 Å². The number of nitro benzene ring substituents is 1. The number of nitrogens with one attached hydrogen (secondary N) is 1. The number of hydrogen-bond acceptors (Lipinski definition) is 6. The number of anilines is 1. The van der Waals surface area contributed by atoms with E-state index in [9.17, 15) is 14.9 Å². The van der Waals surface area contributed by atoms with Gasteiger partial charge in [-0.2, -0.15) is 0 Å². The van der Waals surface area contributed by atoms with E-state index in [1.807, 2.05) is 0 Å². The molecule has 26 heavy (non-hydrogen) atoms. The van der Waals surface area contributed by atoms with Crippen LogP contribution in [0, 0.1) is 10.1 Å². The number of nitrogens with zero attached hydrogens (tertiary/aromatic N) is 1. The maximum Gasteiger partial charge on any atom is 0.273 e. The molecule has 2 rings (SSSR count). The number of carbonyl (C=O) groups excluding carboxylic acids is 1. The number of carbonyl (C=O) groups is 1. The van der Waals surface area contributed by atoms with E-state index in [4.69, 9.17) is 14.2 Å². The van der Waals surface area contributed by atoms with E-state index >= 15 is 0 Å². The van der Waals surface area contributed by atoms with Crippen molar-refractivity contribution in [3.63, 3.8) is 0 Å². The van der Waals surface area contributed by atoms with Crippen LogP contribution < -0.4 is 14.8 Å². The number of amides is 1. The Morgan fingerprint density at radius 3 is 2.58 bits per heavy atom. The molecule has 8 nitrogen and oxygen atoms in total. The summed E-state index contributed by atoms with van der Waals surface area (Å²) >= 11 is 3.33. The first kappa shape index (κ1) is 19.7. The molecular formula is C17H17BrN2O6. The van der Waals surface area contributed by atoms with E-state index in [0.29, 0.717) is 34.7 Å². The number of nitro groups is 1. The fraction of sp³-hybridized carbons (Fsp3) is 0.235. The van der Waals surface area contributed by atoms with Crippen molar-refractivity contribution in [2.75, 3.05) is 32.8 Å². The van der Waals surface area contributed by atoms with E-state index in [-0.39, 0.29) is 11.4 Å². The van der Waals surface area contributed by atoms with Crippen LogP contribution in [0.4, 0.5) is 11.4 Å². The van der Waals surface area contributed by atoms with E-state index in [1.54, 1.807) is 25.3 Å². The van der Waals surface area contributed by atoms with E-state index in [0.717, 1.165) is 0 Å². The molecule has 0 bridgehead atoms. The third kappa shape index (κ3) is 4.93. The van der Waals surface area contributed by atoms with Crippen LogP contribution in [-0.4, -0.2) is 38.3 Å². The van der Waals surface area contributed by atoms with Gasteiger partial charge < -0.3 is 19.5 Å². The van der Waals surface area contributed by atoms with Gasteiger partial charge in [0.15, 0.2) is 0 Å². The topological polar surface area (TPSA) is 99.9 Å². The number of halogens is 1. The zero-order chi connectivity index (χ0) is 19.1. The maximum atomic E-state index is 12.7. The zero-order valence-electron chi connectivity index (χ0n) is 14.2. The van der Waals surface area contributed by atoms with Gasteiger partial charge in [-0.05, 0) is 24.3 Å². The van der Waals surface area contributed by atoms with Crippen LogP contribution in [-0.2, 0) is 4.74 Å². The van der Waals surface area contributed by atoms with Crippen LogP contribution in [0.2, 0.25) is 0 Å². The molecular weight excluding hydrogens is 408 g/mol. The molecule has 0 spiro atoms. The van der Waals surface area contributed by atoms with Gasteiger partial charge in [-0.25, -0.2) is 0 Å². The Bertz CT molecular complexity index is 812. The van der Waals surface area contributed by atoms with Crippen LogP contribution in [0.5, 0.6) is 11.5 Å². The molecule has 2 aromatic rings. The van der Waals surface area contributed by atoms with Crippen LogP contribution in [0.1, 0.15) is 10.4 Å². The molecule has 0 atom stereocenters. The first-order chi connectivity index (χ1) is 12.5. The Kier molecular flexibility index (Phi) is 6.93. The maximum absolute atomic E-state index is 12.7. The van der Waals surface area contributed by atoms with Crippen molar-refractivity contribution in [1.82, 2.24) is 0 Å². The van der Waals surface area contributed by atoms with Gasteiger partial charge in [0.2, 0.25) is 0 Å². The Hall–Kier alpha value is -2.65. The summed E-state index contributed by atoms with van der Waals surface area (Å²) in [5.41, 5.74) is 0.479. The van der Waals surface area contributed by atoms with Crippen LogP contribution >= 0.6 is 15.9 Å². The molecule has 9 heteroatoms. The molecule has 0 unspecified atom stereocenters. The molecule has 0 heterocycles. The second kappa shape index (κ2) is 9.16. The average molecular weight is 425 g/mol. The smallest absolute Gasteiger partial charge is 0.273 e. The van der Waals surface area contributed by atoms with Gasteiger partial charge in [-0.1, -0.05) is 15.9 Å². The second-order valence-electron chi connectivity index (χ2n) is 5.08. The molecule has 0 aliphatic rings. The Morgan fingerprint density at radius 2 is 1.92 bits per heavy atom. The third-order valence-electron chi connectivity index (χ3n) is 3.38. The summed E-state index contributed by atoms with van der Waals surface area (Å²) in [6.07, 6.45) is 0. The number of rotatable bonds is 8. The summed E-state index contributed by atoms with van der Waals surface area (Å²) in [5.74, 6) is 0.138. The first-order valence-corrected chi connectivity index (χ1v) is 8.30. The molecule has 1 N–H and O–H groups in total. The standard InChI is InChI=1S/C17H17BrN2O6/c1-24-7-8-26-15-6-3-11(18)9-13(15)17(21)19-14-5-4-12(20(22)23)10-16(14)25-2/h3-6,9-10H,7-8H2,1-2H3,(H,19,21). The van der Waals surface area contributed by atoms with Crippen LogP contribution in [0.15, 0.2) is 40.9 Å². The lowest BCUT2D eigenvalue weighted by atomic mass is 10.1. The number of methoxy groups -OCH3 is 2.